The number of guanidine groups is 1. The molecule has 0 saturated heterocycles. The predicted molar refractivity (Wildman–Crippen MR) is 139 cm³/mol. The van der Waals surface area contributed by atoms with Crippen LogP contribution in [0.1, 0.15) is 43.4 Å². The fourth-order valence-electron chi connectivity index (χ4n) is 3.85. The van der Waals surface area contributed by atoms with Crippen molar-refractivity contribution in [2.24, 2.45) is 4.99 Å². The fraction of sp³-hybridized carbons (Fsp3) is 0.440. The van der Waals surface area contributed by atoms with Gasteiger partial charge in [-0.2, -0.15) is 0 Å². The monoisotopic (exact) mass is 552 g/mol. The van der Waals surface area contributed by atoms with E-state index in [0.717, 1.165) is 24.9 Å². The van der Waals surface area contributed by atoms with Crippen LogP contribution in [-0.4, -0.2) is 43.4 Å². The second-order valence-corrected chi connectivity index (χ2v) is 8.68. The van der Waals surface area contributed by atoms with Gasteiger partial charge in [0.1, 0.15) is 5.82 Å². The summed E-state index contributed by atoms with van der Waals surface area (Å²) < 4.78 is 13.6. The molecule has 32 heavy (non-hydrogen) atoms. The number of benzene rings is 2. The molecule has 2 aromatic rings. The van der Waals surface area contributed by atoms with Crippen molar-refractivity contribution in [3.63, 3.8) is 0 Å². The zero-order chi connectivity index (χ0) is 22.3. The van der Waals surface area contributed by atoms with Crippen LogP contribution >= 0.6 is 24.0 Å². The average Bonchev–Trinajstić information content (AvgIpc) is 2.78. The molecule has 0 saturated carbocycles. The largest absolute Gasteiger partial charge is 0.356 e. The zero-order valence-electron chi connectivity index (χ0n) is 19.2. The summed E-state index contributed by atoms with van der Waals surface area (Å²) in [6.45, 7) is 6.91. The minimum absolute atomic E-state index is 0. The van der Waals surface area contributed by atoms with Gasteiger partial charge in [0.25, 0.3) is 0 Å². The first-order valence-electron chi connectivity index (χ1n) is 10.9. The summed E-state index contributed by atoms with van der Waals surface area (Å²) in [5.74, 6) is 0.658. The third-order valence-electron chi connectivity index (χ3n) is 5.87. The van der Waals surface area contributed by atoms with Gasteiger partial charge in [-0.15, -0.1) is 24.0 Å². The Bertz CT molecular complexity index is 932. The third-order valence-corrected chi connectivity index (χ3v) is 5.87. The number of hydrogen-bond acceptors (Lipinski definition) is 2. The molecule has 0 fully saturated rings. The van der Waals surface area contributed by atoms with Crippen LogP contribution in [0.3, 0.4) is 0 Å². The Labute approximate surface area is 207 Å². The van der Waals surface area contributed by atoms with Crippen molar-refractivity contribution >= 4 is 35.8 Å². The number of carbonyl (C=O) groups is 1. The van der Waals surface area contributed by atoms with Crippen molar-refractivity contribution in [3.05, 3.63) is 71.0 Å². The van der Waals surface area contributed by atoms with E-state index >= 15 is 0 Å². The van der Waals surface area contributed by atoms with Gasteiger partial charge in [0, 0.05) is 45.1 Å². The summed E-state index contributed by atoms with van der Waals surface area (Å²) in [4.78, 5) is 18.8. The van der Waals surface area contributed by atoms with E-state index in [1.807, 2.05) is 17.0 Å². The summed E-state index contributed by atoms with van der Waals surface area (Å²) in [5, 5.41) is 6.58. The maximum atomic E-state index is 13.6. The van der Waals surface area contributed by atoms with Crippen molar-refractivity contribution in [1.29, 1.82) is 0 Å². The van der Waals surface area contributed by atoms with Gasteiger partial charge >= 0.3 is 0 Å². The van der Waals surface area contributed by atoms with Crippen LogP contribution in [0.25, 0.3) is 0 Å². The van der Waals surface area contributed by atoms with Crippen LogP contribution in [-0.2, 0) is 23.2 Å². The van der Waals surface area contributed by atoms with E-state index < -0.39 is 0 Å². The van der Waals surface area contributed by atoms with Crippen LogP contribution in [0.5, 0.6) is 0 Å². The standard InChI is InChI=1S/C25H33FN4O.HI/c1-25(2,21-10-6-11-22(26)16-21)18-29-24(27-3)28-14-7-12-23(31)30-15-13-19-8-4-5-9-20(19)17-30;/h4-6,8-11,16H,7,12-15,17-18H2,1-3H3,(H2,27,28,29);1H. The fourth-order valence-corrected chi connectivity index (χ4v) is 3.85. The van der Waals surface area contributed by atoms with Gasteiger partial charge in [0.15, 0.2) is 5.96 Å². The lowest BCUT2D eigenvalue weighted by Crippen LogP contribution is -2.44. The van der Waals surface area contributed by atoms with Crippen molar-refractivity contribution in [1.82, 2.24) is 15.5 Å². The quantitative estimate of drug-likeness (QED) is 0.234. The van der Waals surface area contributed by atoms with Gasteiger partial charge in [-0.25, -0.2) is 4.39 Å². The Morgan fingerprint density at radius 2 is 1.88 bits per heavy atom. The van der Waals surface area contributed by atoms with Crippen LogP contribution in [0, 0.1) is 5.82 Å². The van der Waals surface area contributed by atoms with Crippen LogP contribution in [0.15, 0.2) is 53.5 Å². The summed E-state index contributed by atoms with van der Waals surface area (Å²) in [7, 11) is 1.72. The molecule has 1 aliphatic heterocycles. The summed E-state index contributed by atoms with van der Waals surface area (Å²) in [6, 6.07) is 15.0. The number of carbonyl (C=O) groups excluding carboxylic acids is 1. The van der Waals surface area contributed by atoms with Gasteiger partial charge in [-0.3, -0.25) is 9.79 Å². The smallest absolute Gasteiger partial charge is 0.222 e. The normalized spacial score (nSPS) is 13.8. The molecule has 1 amide bonds. The molecule has 2 N–H and O–H groups in total. The van der Waals surface area contributed by atoms with Crippen molar-refractivity contribution < 1.29 is 9.18 Å². The highest BCUT2D eigenvalue weighted by molar-refractivity contribution is 14.0. The first kappa shape index (κ1) is 26.1. The zero-order valence-corrected chi connectivity index (χ0v) is 21.5. The minimum atomic E-state index is -0.250. The first-order valence-corrected chi connectivity index (χ1v) is 10.9. The molecule has 2 aromatic carbocycles. The lowest BCUT2D eigenvalue weighted by molar-refractivity contribution is -0.132. The van der Waals surface area contributed by atoms with Crippen molar-refractivity contribution in [3.8, 4) is 0 Å². The number of nitrogens with zero attached hydrogens (tertiary/aromatic N) is 2. The molecular weight excluding hydrogens is 518 g/mol. The Kier molecular flexibility index (Phi) is 9.93. The number of aliphatic imine (C=N–C) groups is 1. The Hall–Kier alpha value is -2.16. The molecule has 0 unspecified atom stereocenters. The van der Waals surface area contributed by atoms with Crippen LogP contribution < -0.4 is 10.6 Å². The minimum Gasteiger partial charge on any atom is -0.356 e. The molecule has 0 radical (unpaired) electrons. The highest BCUT2D eigenvalue weighted by Gasteiger charge is 2.22. The second kappa shape index (κ2) is 12.2. The van der Waals surface area contributed by atoms with E-state index in [0.29, 0.717) is 32.0 Å². The lowest BCUT2D eigenvalue weighted by Gasteiger charge is -2.29. The highest BCUT2D eigenvalue weighted by Crippen LogP contribution is 2.23. The highest BCUT2D eigenvalue weighted by atomic mass is 127. The van der Waals surface area contributed by atoms with E-state index in [1.54, 1.807) is 19.2 Å². The number of amides is 1. The predicted octanol–water partition coefficient (Wildman–Crippen LogP) is 4.25. The van der Waals surface area contributed by atoms with Gasteiger partial charge in [-0.1, -0.05) is 50.2 Å². The summed E-state index contributed by atoms with van der Waals surface area (Å²) >= 11 is 0. The molecule has 174 valence electrons. The Balaban J connectivity index is 0.00000363. The van der Waals surface area contributed by atoms with Crippen LogP contribution in [0.4, 0.5) is 4.39 Å². The molecule has 1 heterocycles. The van der Waals surface area contributed by atoms with Crippen LogP contribution in [0.2, 0.25) is 0 Å². The SMILES string of the molecule is CN=C(NCCCC(=O)N1CCc2ccccc2C1)NCC(C)(C)c1cccc(F)c1.I. The van der Waals surface area contributed by atoms with E-state index in [4.69, 9.17) is 0 Å². The van der Waals surface area contributed by atoms with E-state index in [9.17, 15) is 9.18 Å². The van der Waals surface area contributed by atoms with Gasteiger partial charge in [0.05, 0.1) is 0 Å². The number of fused-ring (bicyclic) bond motifs is 1. The Morgan fingerprint density at radius 3 is 2.59 bits per heavy atom. The van der Waals surface area contributed by atoms with Gasteiger partial charge in [0.2, 0.25) is 5.91 Å². The van der Waals surface area contributed by atoms with Crippen molar-refractivity contribution in [2.75, 3.05) is 26.7 Å². The summed E-state index contributed by atoms with van der Waals surface area (Å²) in [5.41, 5.74) is 3.29. The molecule has 5 nitrogen and oxygen atoms in total. The maximum Gasteiger partial charge on any atom is 0.222 e. The number of hydrogen-bond donors (Lipinski definition) is 2. The molecule has 0 bridgehead atoms. The third kappa shape index (κ3) is 7.18. The van der Waals surface area contributed by atoms with Crippen molar-refractivity contribution in [2.45, 2.75) is 45.1 Å². The topological polar surface area (TPSA) is 56.7 Å². The molecule has 0 spiro atoms. The molecular formula is C25H34FIN4O. The molecule has 0 atom stereocenters. The first-order chi connectivity index (χ1) is 14.9. The Morgan fingerprint density at radius 1 is 1.12 bits per heavy atom. The molecule has 1 aliphatic rings. The molecule has 7 heteroatoms. The van der Waals surface area contributed by atoms with E-state index in [-0.39, 0.29) is 41.1 Å². The second-order valence-electron chi connectivity index (χ2n) is 8.68. The summed E-state index contributed by atoms with van der Waals surface area (Å²) in [6.07, 6.45) is 2.18. The maximum absolute atomic E-state index is 13.6. The van der Waals surface area contributed by atoms with E-state index in [2.05, 4.69) is 47.7 Å². The average molecular weight is 552 g/mol. The van der Waals surface area contributed by atoms with Gasteiger partial charge in [-0.05, 0) is 41.7 Å². The molecule has 0 aliphatic carbocycles. The van der Waals surface area contributed by atoms with Gasteiger partial charge < -0.3 is 15.5 Å². The number of halogens is 2. The molecule has 3 rings (SSSR count). The lowest BCUT2D eigenvalue weighted by atomic mass is 9.84. The van der Waals surface area contributed by atoms with E-state index in [1.165, 1.54) is 17.2 Å². The number of nitrogens with one attached hydrogen (secondary N) is 2. The number of rotatable bonds is 7. The molecule has 0 aromatic heterocycles.